The van der Waals surface area contributed by atoms with Gasteiger partial charge >= 0.3 is 6.09 Å². The monoisotopic (exact) mass is 482 g/mol. The van der Waals surface area contributed by atoms with Gasteiger partial charge < -0.3 is 25.2 Å². The van der Waals surface area contributed by atoms with E-state index in [1.54, 1.807) is 13.2 Å². The lowest BCUT2D eigenvalue weighted by molar-refractivity contribution is 0.0635. The van der Waals surface area contributed by atoms with E-state index in [0.717, 1.165) is 54.8 Å². The number of fused-ring (bicyclic) bond motifs is 1. The second kappa shape index (κ2) is 10.1. The summed E-state index contributed by atoms with van der Waals surface area (Å²) in [7, 11) is 1.55. The predicted octanol–water partition coefficient (Wildman–Crippen LogP) is 3.19. The van der Waals surface area contributed by atoms with Crippen molar-refractivity contribution in [2.24, 2.45) is 5.92 Å². The number of nitrogens with zero attached hydrogens (tertiary/aromatic N) is 4. The largest absolute Gasteiger partial charge is 0.495 e. The molecule has 10 nitrogen and oxygen atoms in total. The summed E-state index contributed by atoms with van der Waals surface area (Å²) in [6, 6.07) is 7.61. The molecule has 0 saturated carbocycles. The lowest BCUT2D eigenvalue weighted by Crippen LogP contribution is -2.27. The number of rotatable bonds is 7. The van der Waals surface area contributed by atoms with Gasteiger partial charge in [-0.25, -0.2) is 14.3 Å². The van der Waals surface area contributed by atoms with Crippen molar-refractivity contribution >= 4 is 23.1 Å². The summed E-state index contributed by atoms with van der Waals surface area (Å²) >= 11 is 0. The van der Waals surface area contributed by atoms with Crippen molar-refractivity contribution in [1.29, 1.82) is 0 Å². The predicted molar refractivity (Wildman–Crippen MR) is 135 cm³/mol. The molecule has 0 spiro atoms. The van der Waals surface area contributed by atoms with Crippen LogP contribution in [0.25, 0.3) is 16.6 Å². The lowest BCUT2D eigenvalue weighted by Gasteiger charge is -2.20. The number of methoxy groups -OCH3 is 1. The molecule has 10 heteroatoms. The maximum absolute atomic E-state index is 12.3. The fourth-order valence-corrected chi connectivity index (χ4v) is 4.44. The van der Waals surface area contributed by atoms with Gasteiger partial charge in [0.15, 0.2) is 5.82 Å². The van der Waals surface area contributed by atoms with Crippen molar-refractivity contribution < 1.29 is 19.4 Å². The van der Waals surface area contributed by atoms with Crippen molar-refractivity contribution in [3.63, 3.8) is 0 Å². The molecule has 1 amide bonds. The van der Waals surface area contributed by atoms with Crippen LogP contribution in [-0.4, -0.2) is 69.6 Å². The van der Waals surface area contributed by atoms with E-state index in [-0.39, 0.29) is 6.61 Å². The van der Waals surface area contributed by atoms with Crippen molar-refractivity contribution in [3.05, 3.63) is 36.3 Å². The summed E-state index contributed by atoms with van der Waals surface area (Å²) in [5.41, 5.74) is 9.67. The number of aliphatic hydroxyl groups is 1. The lowest BCUT2D eigenvalue weighted by atomic mass is 10.1. The first-order valence-electron chi connectivity index (χ1n) is 11.8. The Labute approximate surface area is 205 Å². The number of carbonyl (C=O) groups excluding carboxylic acids is 1. The summed E-state index contributed by atoms with van der Waals surface area (Å²) < 4.78 is 12.8. The molecule has 3 aromatic rings. The van der Waals surface area contributed by atoms with E-state index in [4.69, 9.17) is 15.2 Å². The molecular formula is C25H34N6O4. The van der Waals surface area contributed by atoms with Crippen LogP contribution in [0.3, 0.4) is 0 Å². The zero-order chi connectivity index (χ0) is 25.2. The van der Waals surface area contributed by atoms with E-state index in [1.165, 1.54) is 6.33 Å². The van der Waals surface area contributed by atoms with Crippen molar-refractivity contribution in [1.82, 2.24) is 19.5 Å². The van der Waals surface area contributed by atoms with E-state index in [9.17, 15) is 9.90 Å². The average Bonchev–Trinajstić information content (AvgIpc) is 3.42. The van der Waals surface area contributed by atoms with E-state index in [2.05, 4.69) is 26.4 Å². The minimum Gasteiger partial charge on any atom is -0.495 e. The molecule has 4 N–H and O–H groups in total. The van der Waals surface area contributed by atoms with Gasteiger partial charge in [-0.15, -0.1) is 0 Å². The molecule has 0 bridgehead atoms. The normalized spacial score (nSPS) is 16.5. The molecular weight excluding hydrogens is 448 g/mol. The minimum atomic E-state index is -0.606. The SMILES string of the molecule is COc1cc(-c2cc(CCN3CC[C@H](CO)C3)n3ncnc(N)c23)ccc1NC(=O)OC(C)(C)C. The Bertz CT molecular complexity index is 1200. The molecule has 0 aliphatic carbocycles. The van der Waals surface area contributed by atoms with Gasteiger partial charge in [-0.2, -0.15) is 5.10 Å². The molecule has 1 aliphatic heterocycles. The van der Waals surface area contributed by atoms with Crippen molar-refractivity contribution in [2.45, 2.75) is 39.2 Å². The second-order valence-corrected chi connectivity index (χ2v) is 9.88. The third-order valence-corrected chi connectivity index (χ3v) is 6.12. The molecule has 1 atom stereocenters. The number of nitrogens with two attached hydrogens (primary N) is 1. The van der Waals surface area contributed by atoms with Crippen LogP contribution >= 0.6 is 0 Å². The fraction of sp³-hybridized carbons (Fsp3) is 0.480. The number of amides is 1. The zero-order valence-corrected chi connectivity index (χ0v) is 20.7. The highest BCUT2D eigenvalue weighted by molar-refractivity contribution is 5.92. The summed E-state index contributed by atoms with van der Waals surface area (Å²) in [5, 5.41) is 16.6. The van der Waals surface area contributed by atoms with Crippen LogP contribution in [0.5, 0.6) is 5.75 Å². The summed E-state index contributed by atoms with van der Waals surface area (Å²) in [6.07, 6.45) is 2.71. The van der Waals surface area contributed by atoms with E-state index in [0.29, 0.717) is 23.2 Å². The van der Waals surface area contributed by atoms with Crippen LogP contribution in [0.2, 0.25) is 0 Å². The molecule has 1 aliphatic rings. The van der Waals surface area contributed by atoms with Crippen LogP contribution in [0.1, 0.15) is 32.9 Å². The standard InChI is InChI=1S/C25H34N6O4/c1-25(2,3)35-24(33)29-20-6-5-17(11-21(20)34-4)19-12-18(31-22(19)23(26)27-15-28-31)8-10-30-9-7-16(13-30)14-32/h5-6,11-12,15-16,32H,7-10,13-14H2,1-4H3,(H,29,33)(H2,26,27,28)/t16-/m0/s1. The van der Waals surface area contributed by atoms with Gasteiger partial charge in [0.2, 0.25) is 0 Å². The third-order valence-electron chi connectivity index (χ3n) is 6.12. The Morgan fingerprint density at radius 2 is 2.11 bits per heavy atom. The fourth-order valence-electron chi connectivity index (χ4n) is 4.44. The number of carbonyl (C=O) groups is 1. The Morgan fingerprint density at radius 1 is 1.31 bits per heavy atom. The Balaban J connectivity index is 1.62. The van der Waals surface area contributed by atoms with Crippen molar-refractivity contribution in [3.8, 4) is 16.9 Å². The quantitative estimate of drug-likeness (QED) is 0.469. The number of anilines is 2. The molecule has 35 heavy (non-hydrogen) atoms. The van der Waals surface area contributed by atoms with E-state index in [1.807, 2.05) is 37.4 Å². The molecule has 3 heterocycles. The highest BCUT2D eigenvalue weighted by atomic mass is 16.6. The molecule has 1 saturated heterocycles. The van der Waals surface area contributed by atoms with Gasteiger partial charge in [-0.05, 0) is 63.4 Å². The smallest absolute Gasteiger partial charge is 0.412 e. The first-order valence-corrected chi connectivity index (χ1v) is 11.8. The number of likely N-dealkylation sites (tertiary alicyclic amines) is 1. The number of hydrogen-bond donors (Lipinski definition) is 3. The number of hydrogen-bond acceptors (Lipinski definition) is 8. The van der Waals surface area contributed by atoms with E-state index < -0.39 is 11.7 Å². The molecule has 188 valence electrons. The average molecular weight is 483 g/mol. The van der Waals surface area contributed by atoms with Crippen LogP contribution in [0, 0.1) is 5.92 Å². The Kier molecular flexibility index (Phi) is 7.13. The molecule has 2 aromatic heterocycles. The maximum atomic E-state index is 12.3. The summed E-state index contributed by atoms with van der Waals surface area (Å²) in [4.78, 5) is 18.8. The van der Waals surface area contributed by atoms with Gasteiger partial charge in [0.25, 0.3) is 0 Å². The molecule has 0 radical (unpaired) electrons. The van der Waals surface area contributed by atoms with Gasteiger partial charge in [-0.1, -0.05) is 6.07 Å². The van der Waals surface area contributed by atoms with Crippen LogP contribution in [0.15, 0.2) is 30.6 Å². The van der Waals surface area contributed by atoms with E-state index >= 15 is 0 Å². The maximum Gasteiger partial charge on any atom is 0.412 e. The van der Waals surface area contributed by atoms with Gasteiger partial charge in [0, 0.05) is 37.4 Å². The second-order valence-electron chi connectivity index (χ2n) is 9.88. The summed E-state index contributed by atoms with van der Waals surface area (Å²) in [6.45, 7) is 8.43. The summed E-state index contributed by atoms with van der Waals surface area (Å²) in [5.74, 6) is 1.24. The third kappa shape index (κ3) is 5.66. The zero-order valence-electron chi connectivity index (χ0n) is 20.7. The first-order chi connectivity index (χ1) is 16.7. The number of aromatic nitrogens is 3. The van der Waals surface area contributed by atoms with Crippen LogP contribution in [0.4, 0.5) is 16.3 Å². The number of benzene rings is 1. The molecule has 1 fully saturated rings. The highest BCUT2D eigenvalue weighted by Gasteiger charge is 2.23. The number of ether oxygens (including phenoxy) is 2. The Morgan fingerprint density at radius 3 is 2.80 bits per heavy atom. The van der Waals surface area contributed by atoms with Crippen LogP contribution < -0.4 is 15.8 Å². The Hall–Kier alpha value is -3.37. The minimum absolute atomic E-state index is 0.235. The number of nitrogen functional groups attached to an aromatic ring is 1. The van der Waals surface area contributed by atoms with Gasteiger partial charge in [0.05, 0.1) is 12.8 Å². The van der Waals surface area contributed by atoms with Crippen LogP contribution in [-0.2, 0) is 11.2 Å². The van der Waals surface area contributed by atoms with Gasteiger partial charge in [-0.3, -0.25) is 5.32 Å². The molecule has 1 aromatic carbocycles. The number of nitrogens with one attached hydrogen (secondary N) is 1. The first kappa shape index (κ1) is 24.7. The van der Waals surface area contributed by atoms with Gasteiger partial charge in [0.1, 0.15) is 23.2 Å². The molecule has 4 rings (SSSR count). The van der Waals surface area contributed by atoms with Crippen molar-refractivity contribution in [2.75, 3.05) is 44.4 Å². The topological polar surface area (TPSA) is 127 Å². The number of aliphatic hydroxyl groups excluding tert-OH is 1. The molecule has 0 unspecified atom stereocenters. The highest BCUT2D eigenvalue weighted by Crippen LogP contribution is 2.36.